The minimum Gasteiger partial charge on any atom is -0.497 e. The van der Waals surface area contributed by atoms with Gasteiger partial charge in [-0.25, -0.2) is 0 Å². The summed E-state index contributed by atoms with van der Waals surface area (Å²) in [7, 11) is 3.06. The molecule has 1 saturated heterocycles. The molecular weight excluding hydrogens is 442 g/mol. The third-order valence-corrected chi connectivity index (χ3v) is 6.96. The number of nitrogens with zero attached hydrogens (tertiary/aromatic N) is 2. The fraction of sp³-hybridized carbons (Fsp3) is 0.375. The van der Waals surface area contributed by atoms with E-state index >= 15 is 0 Å². The van der Waals surface area contributed by atoms with Crippen molar-refractivity contribution in [1.29, 1.82) is 0 Å². The average Bonchev–Trinajstić information content (AvgIpc) is 2.85. The van der Waals surface area contributed by atoms with Crippen LogP contribution in [0.5, 0.6) is 11.5 Å². The third kappa shape index (κ3) is 5.08. The largest absolute Gasteiger partial charge is 0.497 e. The van der Waals surface area contributed by atoms with Gasteiger partial charge in [0, 0.05) is 41.9 Å². The Hall–Kier alpha value is -3.20. The number of thioether (sulfide) groups is 1. The predicted octanol–water partition coefficient (Wildman–Crippen LogP) is 3.16. The number of fused-ring (bicyclic) bond motifs is 1. The molecule has 2 aliphatic rings. The van der Waals surface area contributed by atoms with E-state index in [0.717, 1.165) is 24.2 Å². The molecule has 0 bridgehead atoms. The Kier molecular flexibility index (Phi) is 7.08. The van der Waals surface area contributed by atoms with Crippen LogP contribution >= 0.6 is 11.8 Å². The molecule has 33 heavy (non-hydrogen) atoms. The highest BCUT2D eigenvalue weighted by Gasteiger charge is 2.41. The molecular formula is C24H27N3O5S. The van der Waals surface area contributed by atoms with Crippen molar-refractivity contribution in [1.82, 2.24) is 4.90 Å². The lowest BCUT2D eigenvalue weighted by molar-refractivity contribution is -0.135. The zero-order valence-corrected chi connectivity index (χ0v) is 19.5. The number of nitrogens with one attached hydrogen (secondary N) is 1. The Bertz CT molecular complexity index is 1030. The molecule has 0 saturated carbocycles. The van der Waals surface area contributed by atoms with E-state index in [-0.39, 0.29) is 24.3 Å². The highest BCUT2D eigenvalue weighted by atomic mass is 32.2. The van der Waals surface area contributed by atoms with Crippen LogP contribution in [0.4, 0.5) is 11.4 Å². The Morgan fingerprint density at radius 2 is 1.70 bits per heavy atom. The molecule has 1 atom stereocenters. The first-order valence-corrected chi connectivity index (χ1v) is 11.8. The summed E-state index contributed by atoms with van der Waals surface area (Å²) >= 11 is 1.26. The molecule has 9 heteroatoms. The van der Waals surface area contributed by atoms with E-state index < -0.39 is 5.25 Å². The second-order valence-electron chi connectivity index (χ2n) is 7.93. The number of likely N-dealkylation sites (tertiary alicyclic amines) is 1. The zero-order chi connectivity index (χ0) is 23.4. The fourth-order valence-electron chi connectivity index (χ4n) is 4.04. The Labute approximate surface area is 197 Å². The summed E-state index contributed by atoms with van der Waals surface area (Å²) in [5.41, 5.74) is 1.12. The first kappa shape index (κ1) is 23.0. The number of methoxy groups -OCH3 is 2. The Morgan fingerprint density at radius 3 is 2.36 bits per heavy atom. The predicted molar refractivity (Wildman–Crippen MR) is 127 cm³/mol. The smallest absolute Gasteiger partial charge is 0.250 e. The molecule has 174 valence electrons. The van der Waals surface area contributed by atoms with Crippen molar-refractivity contribution in [3.05, 3.63) is 42.5 Å². The van der Waals surface area contributed by atoms with Gasteiger partial charge in [-0.15, -0.1) is 11.8 Å². The summed E-state index contributed by atoms with van der Waals surface area (Å²) in [6.07, 6.45) is 2.99. The van der Waals surface area contributed by atoms with Gasteiger partial charge in [0.25, 0.3) is 5.91 Å². The first-order valence-electron chi connectivity index (χ1n) is 10.9. The van der Waals surface area contributed by atoms with Gasteiger partial charge < -0.3 is 24.6 Å². The molecule has 2 aromatic carbocycles. The molecule has 1 fully saturated rings. The van der Waals surface area contributed by atoms with Gasteiger partial charge in [0.05, 0.1) is 19.9 Å². The van der Waals surface area contributed by atoms with Gasteiger partial charge in [0.1, 0.15) is 18.0 Å². The van der Waals surface area contributed by atoms with Gasteiger partial charge in [-0.3, -0.25) is 14.4 Å². The molecule has 0 unspecified atom stereocenters. The van der Waals surface area contributed by atoms with Gasteiger partial charge in [0.15, 0.2) is 5.25 Å². The van der Waals surface area contributed by atoms with Crippen molar-refractivity contribution in [3.8, 4) is 11.5 Å². The van der Waals surface area contributed by atoms with Crippen LogP contribution in [0.3, 0.4) is 0 Å². The number of carbonyl (C=O) groups excluding carboxylic acids is 3. The van der Waals surface area contributed by atoms with Gasteiger partial charge in [-0.2, -0.15) is 0 Å². The van der Waals surface area contributed by atoms with E-state index in [1.165, 1.54) is 30.9 Å². The minimum atomic E-state index is -0.886. The summed E-state index contributed by atoms with van der Waals surface area (Å²) in [5.74, 6) is 0.139. The summed E-state index contributed by atoms with van der Waals surface area (Å²) < 4.78 is 10.5. The molecule has 0 aromatic heterocycles. The summed E-state index contributed by atoms with van der Waals surface area (Å²) in [6, 6.07) is 12.4. The van der Waals surface area contributed by atoms with Crippen LogP contribution in [0.15, 0.2) is 47.4 Å². The molecule has 3 amide bonds. The SMILES string of the molecule is COc1cc(NC(=O)CN2C(=O)[C@H](C(=O)N3CCCCC3)Sc3ccccc32)cc(OC)c1. The lowest BCUT2D eigenvalue weighted by Gasteiger charge is -2.36. The number of hydrogen-bond acceptors (Lipinski definition) is 6. The molecule has 4 rings (SSSR count). The van der Waals surface area contributed by atoms with E-state index in [9.17, 15) is 14.4 Å². The number of hydrogen-bond donors (Lipinski definition) is 1. The molecule has 1 N–H and O–H groups in total. The van der Waals surface area contributed by atoms with Crippen LogP contribution in [0.2, 0.25) is 0 Å². The first-order chi connectivity index (χ1) is 16.0. The van der Waals surface area contributed by atoms with Crippen molar-refractivity contribution >= 4 is 40.9 Å². The van der Waals surface area contributed by atoms with E-state index in [1.54, 1.807) is 29.2 Å². The summed E-state index contributed by atoms with van der Waals surface area (Å²) in [5, 5.41) is 1.92. The van der Waals surface area contributed by atoms with Gasteiger partial charge in [-0.1, -0.05) is 12.1 Å². The van der Waals surface area contributed by atoms with Crippen molar-refractivity contribution in [2.45, 2.75) is 29.4 Å². The Balaban J connectivity index is 1.54. The standard InChI is InChI=1S/C24H27N3O5S/c1-31-17-12-16(13-18(14-17)32-2)25-21(28)15-27-19-8-4-5-9-20(19)33-22(24(27)30)23(29)26-10-6-3-7-11-26/h4-5,8-9,12-14,22H,3,6-7,10-11,15H2,1-2H3,(H,25,28)/t22-/m0/s1. The van der Waals surface area contributed by atoms with E-state index in [2.05, 4.69) is 5.32 Å². The number of benzene rings is 2. The molecule has 2 aromatic rings. The number of piperidine rings is 1. The average molecular weight is 470 g/mol. The highest BCUT2D eigenvalue weighted by Crippen LogP contribution is 2.40. The third-order valence-electron chi connectivity index (χ3n) is 5.72. The zero-order valence-electron chi connectivity index (χ0n) is 18.7. The quantitative estimate of drug-likeness (QED) is 0.654. The van der Waals surface area contributed by atoms with Gasteiger partial charge in [0.2, 0.25) is 11.8 Å². The fourth-order valence-corrected chi connectivity index (χ4v) is 5.23. The Morgan fingerprint density at radius 1 is 1.03 bits per heavy atom. The van der Waals surface area contributed by atoms with Crippen LogP contribution in [0.1, 0.15) is 19.3 Å². The molecule has 0 aliphatic carbocycles. The lowest BCUT2D eigenvalue weighted by atomic mass is 10.1. The normalized spacial score (nSPS) is 17.9. The number of ether oxygens (including phenoxy) is 2. The van der Waals surface area contributed by atoms with Crippen LogP contribution in [0.25, 0.3) is 0 Å². The van der Waals surface area contributed by atoms with Crippen molar-refractivity contribution < 1.29 is 23.9 Å². The summed E-state index contributed by atoms with van der Waals surface area (Å²) in [4.78, 5) is 43.5. The molecule has 0 spiro atoms. The molecule has 8 nitrogen and oxygen atoms in total. The molecule has 2 aliphatic heterocycles. The monoisotopic (exact) mass is 469 g/mol. The summed E-state index contributed by atoms with van der Waals surface area (Å²) in [6.45, 7) is 1.13. The van der Waals surface area contributed by atoms with Crippen molar-refractivity contribution in [2.24, 2.45) is 0 Å². The highest BCUT2D eigenvalue weighted by molar-refractivity contribution is 8.01. The second kappa shape index (κ2) is 10.2. The van der Waals surface area contributed by atoms with E-state index in [4.69, 9.17) is 9.47 Å². The van der Waals surface area contributed by atoms with Gasteiger partial charge in [-0.05, 0) is 31.4 Å². The van der Waals surface area contributed by atoms with Crippen molar-refractivity contribution in [3.63, 3.8) is 0 Å². The van der Waals surface area contributed by atoms with E-state index in [1.807, 2.05) is 18.2 Å². The minimum absolute atomic E-state index is 0.179. The topological polar surface area (TPSA) is 88.2 Å². The maximum atomic E-state index is 13.4. The number of anilines is 2. The number of amides is 3. The van der Waals surface area contributed by atoms with Gasteiger partial charge >= 0.3 is 0 Å². The second-order valence-corrected chi connectivity index (χ2v) is 9.07. The van der Waals surface area contributed by atoms with Crippen molar-refractivity contribution in [2.75, 3.05) is 44.1 Å². The van der Waals surface area contributed by atoms with Crippen LogP contribution in [-0.4, -0.2) is 61.7 Å². The van der Waals surface area contributed by atoms with Crippen LogP contribution in [0, 0.1) is 0 Å². The molecule has 2 heterocycles. The van der Waals surface area contributed by atoms with Crippen LogP contribution in [-0.2, 0) is 14.4 Å². The number of rotatable bonds is 6. The lowest BCUT2D eigenvalue weighted by Crippen LogP contribution is -2.52. The van der Waals surface area contributed by atoms with Crippen LogP contribution < -0.4 is 19.7 Å². The molecule has 0 radical (unpaired) electrons. The number of para-hydroxylation sites is 1. The maximum absolute atomic E-state index is 13.4. The number of carbonyl (C=O) groups is 3. The van der Waals surface area contributed by atoms with E-state index in [0.29, 0.717) is 36.0 Å². The maximum Gasteiger partial charge on any atom is 0.250 e.